The molecule has 0 spiro atoms. The van der Waals surface area contributed by atoms with Gasteiger partial charge in [0.05, 0.1) is 5.25 Å². The summed E-state index contributed by atoms with van der Waals surface area (Å²) in [6.45, 7) is 3.05. The number of hydrogen-bond donors (Lipinski definition) is 0. The Morgan fingerprint density at radius 3 is 1.69 bits per heavy atom. The maximum atomic E-state index is 13.2. The number of carbonyl (C=O) groups is 1. The molecule has 1 saturated carbocycles. The van der Waals surface area contributed by atoms with Crippen molar-refractivity contribution in [1.29, 1.82) is 0 Å². The van der Waals surface area contributed by atoms with Crippen molar-refractivity contribution in [2.45, 2.75) is 36.1 Å². The van der Waals surface area contributed by atoms with Crippen molar-refractivity contribution in [3.63, 3.8) is 0 Å². The van der Waals surface area contributed by atoms with Crippen LogP contribution in [0, 0.1) is 0 Å². The van der Waals surface area contributed by atoms with Crippen LogP contribution in [0.15, 0.2) is 12.7 Å². The van der Waals surface area contributed by atoms with E-state index < -0.39 is 41.2 Å². The van der Waals surface area contributed by atoms with Gasteiger partial charge in [0, 0.05) is 0 Å². The molecule has 1 aliphatic rings. The van der Waals surface area contributed by atoms with Crippen molar-refractivity contribution < 1.29 is 26.7 Å². The predicted molar refractivity (Wildman–Crippen MR) is 51.1 cm³/mol. The fourth-order valence-corrected chi connectivity index (χ4v) is 2.30. The summed E-state index contributed by atoms with van der Waals surface area (Å²) in [5.74, 6) is 0. The van der Waals surface area contributed by atoms with Crippen LogP contribution in [0.5, 0.6) is 0 Å². The molecule has 4 unspecified atom stereocenters. The van der Waals surface area contributed by atoms with Gasteiger partial charge in [0.15, 0.2) is 18.5 Å². The van der Waals surface area contributed by atoms with Crippen LogP contribution in [0.3, 0.4) is 0 Å². The summed E-state index contributed by atoms with van der Waals surface area (Å²) in [5, 5.41) is -2.69. The first-order valence-electron chi connectivity index (χ1n) is 4.43. The van der Waals surface area contributed by atoms with Gasteiger partial charge in [-0.25, -0.2) is 22.0 Å². The highest BCUT2D eigenvalue weighted by Gasteiger charge is 2.54. The van der Waals surface area contributed by atoms with E-state index in [0.29, 0.717) is 0 Å². The van der Waals surface area contributed by atoms with Crippen LogP contribution in [0.4, 0.5) is 22.0 Å². The number of hydrogen-bond acceptors (Lipinski definition) is 2. The molecule has 0 aromatic rings. The number of carbonyl (C=O) groups excluding carboxylic acids is 1. The molecule has 0 aromatic carbocycles. The molecule has 1 fully saturated rings. The Bertz CT molecular complexity index is 271. The lowest BCUT2D eigenvalue weighted by Gasteiger charge is -2.35. The Balaban J connectivity index is 2.82. The minimum atomic E-state index is -2.83. The lowest BCUT2D eigenvalue weighted by Crippen LogP contribution is -2.55. The van der Waals surface area contributed by atoms with Gasteiger partial charge in [-0.05, 0) is 6.08 Å². The highest BCUT2D eigenvalue weighted by atomic mass is 32.2. The van der Waals surface area contributed by atoms with Crippen LogP contribution in [-0.4, -0.2) is 41.2 Å². The third-order valence-corrected chi connectivity index (χ3v) is 3.45. The molecule has 0 heterocycles. The Morgan fingerprint density at radius 2 is 1.31 bits per heavy atom. The highest BCUT2D eigenvalue weighted by Crippen LogP contribution is 2.38. The average Bonchev–Trinajstić information content (AvgIpc) is 2.29. The molecule has 0 aromatic heterocycles. The van der Waals surface area contributed by atoms with Crippen molar-refractivity contribution in [2.24, 2.45) is 0 Å². The summed E-state index contributed by atoms with van der Waals surface area (Å²) in [4.78, 5) is 10.8. The third kappa shape index (κ3) is 2.39. The van der Waals surface area contributed by atoms with E-state index in [1.165, 1.54) is 0 Å². The van der Waals surface area contributed by atoms with Crippen LogP contribution in [0.2, 0.25) is 0 Å². The van der Waals surface area contributed by atoms with E-state index in [4.69, 9.17) is 0 Å². The van der Waals surface area contributed by atoms with Crippen LogP contribution in [-0.2, 0) is 4.79 Å². The zero-order chi connectivity index (χ0) is 12.5. The van der Waals surface area contributed by atoms with Gasteiger partial charge in [0.25, 0.3) is 0 Å². The minimum Gasteiger partial charge on any atom is -0.282 e. The van der Waals surface area contributed by atoms with E-state index in [0.717, 1.165) is 6.08 Å². The van der Waals surface area contributed by atoms with E-state index in [2.05, 4.69) is 6.58 Å². The molecule has 7 heteroatoms. The average molecular weight is 260 g/mol. The van der Waals surface area contributed by atoms with Gasteiger partial charge in [0.2, 0.25) is 5.12 Å². The second kappa shape index (κ2) is 5.16. The number of rotatable bonds is 2. The number of thioether (sulfide) groups is 1. The van der Waals surface area contributed by atoms with Crippen LogP contribution in [0.25, 0.3) is 0 Å². The van der Waals surface area contributed by atoms with Crippen molar-refractivity contribution in [3.05, 3.63) is 12.7 Å². The zero-order valence-electron chi connectivity index (χ0n) is 7.95. The summed E-state index contributed by atoms with van der Waals surface area (Å²) in [6.07, 6.45) is -12.7. The summed E-state index contributed by atoms with van der Waals surface area (Å²) >= 11 is 0.0926. The number of alkyl halides is 5. The highest BCUT2D eigenvalue weighted by molar-refractivity contribution is 8.14. The lowest BCUT2D eigenvalue weighted by molar-refractivity contribution is -0.107. The Morgan fingerprint density at radius 1 is 0.938 bits per heavy atom. The zero-order valence-corrected chi connectivity index (χ0v) is 8.77. The van der Waals surface area contributed by atoms with Crippen molar-refractivity contribution in [3.8, 4) is 0 Å². The maximum Gasteiger partial charge on any atom is 0.212 e. The summed E-state index contributed by atoms with van der Waals surface area (Å²) in [7, 11) is 0. The molecule has 4 atom stereocenters. The van der Waals surface area contributed by atoms with Gasteiger partial charge in [-0.3, -0.25) is 4.79 Å². The van der Waals surface area contributed by atoms with Gasteiger partial charge in [0.1, 0.15) is 12.3 Å². The molecule has 1 nitrogen and oxygen atoms in total. The molecule has 0 saturated heterocycles. The maximum absolute atomic E-state index is 13.2. The van der Waals surface area contributed by atoms with E-state index in [1.54, 1.807) is 0 Å². The monoisotopic (exact) mass is 260 g/mol. The van der Waals surface area contributed by atoms with Gasteiger partial charge < -0.3 is 0 Å². The van der Waals surface area contributed by atoms with Gasteiger partial charge >= 0.3 is 0 Å². The molecule has 0 aliphatic heterocycles. The summed E-state index contributed by atoms with van der Waals surface area (Å²) < 4.78 is 64.9. The van der Waals surface area contributed by atoms with E-state index in [9.17, 15) is 26.7 Å². The first kappa shape index (κ1) is 13.5. The topological polar surface area (TPSA) is 17.1 Å². The van der Waals surface area contributed by atoms with E-state index in [1.807, 2.05) is 0 Å². The van der Waals surface area contributed by atoms with Crippen LogP contribution < -0.4 is 0 Å². The second-order valence-corrected chi connectivity index (χ2v) is 4.51. The Kier molecular flexibility index (Phi) is 4.35. The third-order valence-electron chi connectivity index (χ3n) is 2.26. The first-order valence-corrected chi connectivity index (χ1v) is 5.31. The lowest BCUT2D eigenvalue weighted by atomic mass is 9.91. The molecular weight excluding hydrogens is 251 g/mol. The predicted octanol–water partition coefficient (Wildman–Crippen LogP) is 2.50. The first-order chi connectivity index (χ1) is 7.40. The Labute approximate surface area is 93.1 Å². The largest absolute Gasteiger partial charge is 0.282 e. The molecule has 92 valence electrons. The number of halogens is 5. The quantitative estimate of drug-likeness (QED) is 0.560. The molecular formula is C9H9F5OS. The van der Waals surface area contributed by atoms with E-state index >= 15 is 0 Å². The minimum absolute atomic E-state index is 0.0926. The van der Waals surface area contributed by atoms with Crippen LogP contribution >= 0.6 is 11.8 Å². The van der Waals surface area contributed by atoms with Crippen molar-refractivity contribution >= 4 is 16.9 Å². The molecule has 0 radical (unpaired) electrons. The standard InChI is InChI=1S/C9H9F5OS/c1-2-3(15)16-9-7(13)5(11)4(10)6(12)8(9)14/h2,4-9H,1H2. The second-order valence-electron chi connectivity index (χ2n) is 3.33. The fraction of sp³-hybridized carbons (Fsp3) is 0.667. The van der Waals surface area contributed by atoms with Crippen molar-refractivity contribution in [1.82, 2.24) is 0 Å². The SMILES string of the molecule is C=CC(=O)SC1C(F)C(F)C(F)C(F)C1F. The summed E-state index contributed by atoms with van der Waals surface area (Å²) in [5.41, 5.74) is 0. The molecule has 16 heavy (non-hydrogen) atoms. The van der Waals surface area contributed by atoms with Gasteiger partial charge in [-0.15, -0.1) is 0 Å². The fourth-order valence-electron chi connectivity index (χ4n) is 1.38. The molecule has 0 N–H and O–H groups in total. The molecule has 0 amide bonds. The Hall–Kier alpha value is -0.590. The van der Waals surface area contributed by atoms with Crippen molar-refractivity contribution in [2.75, 3.05) is 0 Å². The van der Waals surface area contributed by atoms with Gasteiger partial charge in [-0.1, -0.05) is 18.3 Å². The van der Waals surface area contributed by atoms with E-state index in [-0.39, 0.29) is 11.8 Å². The normalized spacial score (nSPS) is 44.1. The summed E-state index contributed by atoms with van der Waals surface area (Å²) in [6, 6.07) is 0. The smallest absolute Gasteiger partial charge is 0.212 e. The molecule has 1 rings (SSSR count). The molecule has 0 bridgehead atoms. The molecule has 1 aliphatic carbocycles. The van der Waals surface area contributed by atoms with Crippen LogP contribution in [0.1, 0.15) is 0 Å². The van der Waals surface area contributed by atoms with Gasteiger partial charge in [-0.2, -0.15) is 0 Å².